The molecule has 0 saturated carbocycles. The number of anilines is 1. The predicted octanol–water partition coefficient (Wildman–Crippen LogP) is 4.08. The van der Waals surface area contributed by atoms with E-state index in [9.17, 15) is 4.79 Å². The third-order valence-electron chi connectivity index (χ3n) is 2.47. The Hall–Kier alpha value is -1.11. The van der Waals surface area contributed by atoms with E-state index in [4.69, 9.17) is 23.2 Å². The van der Waals surface area contributed by atoms with Gasteiger partial charge in [-0.05, 0) is 18.6 Å². The number of hydrogen-bond donors (Lipinski definition) is 2. The van der Waals surface area contributed by atoms with E-state index in [1.165, 1.54) is 0 Å². The first-order valence-electron chi connectivity index (χ1n) is 5.88. The Labute approximate surface area is 134 Å². The van der Waals surface area contributed by atoms with Crippen LogP contribution in [0.4, 0.5) is 5.69 Å². The highest BCUT2D eigenvalue weighted by Crippen LogP contribution is 2.33. The van der Waals surface area contributed by atoms with Crippen LogP contribution >= 0.6 is 39.1 Å². The molecule has 2 N–H and O–H groups in total. The smallest absolute Gasteiger partial charge is 0.295 e. The van der Waals surface area contributed by atoms with Gasteiger partial charge in [0, 0.05) is 10.9 Å². The molecule has 0 unspecified atom stereocenters. The summed E-state index contributed by atoms with van der Waals surface area (Å²) in [5.74, 6) is 0.267. The number of benzene rings is 1. The van der Waals surface area contributed by atoms with Gasteiger partial charge in [0.05, 0.1) is 15.7 Å². The number of aromatic amines is 1. The maximum absolute atomic E-state index is 12.0. The lowest BCUT2D eigenvalue weighted by Crippen LogP contribution is -2.14. The molecule has 0 aliphatic rings. The molecule has 1 aromatic heterocycles. The summed E-state index contributed by atoms with van der Waals surface area (Å²) < 4.78 is 0.730. The van der Waals surface area contributed by atoms with Gasteiger partial charge in [0.2, 0.25) is 5.82 Å². The highest BCUT2D eigenvalue weighted by atomic mass is 79.9. The monoisotopic (exact) mass is 376 g/mol. The number of halogens is 3. The van der Waals surface area contributed by atoms with Crippen LogP contribution in [0, 0.1) is 0 Å². The highest BCUT2D eigenvalue weighted by molar-refractivity contribution is 9.10. The van der Waals surface area contributed by atoms with Crippen LogP contribution in [-0.4, -0.2) is 21.1 Å². The van der Waals surface area contributed by atoms with Crippen LogP contribution in [0.15, 0.2) is 16.6 Å². The molecule has 0 radical (unpaired) electrons. The van der Waals surface area contributed by atoms with E-state index in [0.717, 1.165) is 17.3 Å². The van der Waals surface area contributed by atoms with Crippen LogP contribution in [0.1, 0.15) is 29.8 Å². The lowest BCUT2D eigenvalue weighted by Gasteiger charge is -2.08. The fraction of sp³-hybridized carbons (Fsp3) is 0.250. The molecule has 20 heavy (non-hydrogen) atoms. The number of aryl methyl sites for hydroxylation is 1. The van der Waals surface area contributed by atoms with E-state index in [-0.39, 0.29) is 5.82 Å². The van der Waals surface area contributed by atoms with Gasteiger partial charge in [-0.2, -0.15) is 0 Å². The fourth-order valence-electron chi connectivity index (χ4n) is 1.58. The van der Waals surface area contributed by atoms with Crippen LogP contribution in [0.5, 0.6) is 0 Å². The minimum Gasteiger partial charge on any atom is -0.317 e. The summed E-state index contributed by atoms with van der Waals surface area (Å²) in [5, 5.41) is 9.86. The van der Waals surface area contributed by atoms with E-state index < -0.39 is 5.91 Å². The van der Waals surface area contributed by atoms with Gasteiger partial charge >= 0.3 is 0 Å². The number of amides is 1. The molecular weight excluding hydrogens is 367 g/mol. The molecule has 0 spiro atoms. The van der Waals surface area contributed by atoms with Crippen LogP contribution in [0.2, 0.25) is 10.0 Å². The lowest BCUT2D eigenvalue weighted by molar-refractivity contribution is 0.101. The van der Waals surface area contributed by atoms with Crippen molar-refractivity contribution in [1.29, 1.82) is 0 Å². The molecular formula is C12H11BrCl2N4O. The summed E-state index contributed by atoms with van der Waals surface area (Å²) in [6.45, 7) is 2.02. The summed E-state index contributed by atoms with van der Waals surface area (Å²) in [6.07, 6.45) is 1.65. The average Bonchev–Trinajstić information content (AvgIpc) is 2.82. The van der Waals surface area contributed by atoms with Gasteiger partial charge in [0.25, 0.3) is 5.91 Å². The van der Waals surface area contributed by atoms with Crippen molar-refractivity contribution < 1.29 is 4.79 Å². The molecule has 0 bridgehead atoms. The Morgan fingerprint density at radius 2 is 2.05 bits per heavy atom. The minimum atomic E-state index is -0.463. The van der Waals surface area contributed by atoms with Crippen molar-refractivity contribution in [2.24, 2.45) is 0 Å². The normalized spacial score (nSPS) is 10.6. The maximum atomic E-state index is 12.0. The van der Waals surface area contributed by atoms with Gasteiger partial charge in [0.1, 0.15) is 5.82 Å². The largest absolute Gasteiger partial charge is 0.317 e. The summed E-state index contributed by atoms with van der Waals surface area (Å²) >= 11 is 15.4. The van der Waals surface area contributed by atoms with Crippen molar-refractivity contribution in [3.05, 3.63) is 38.3 Å². The summed E-state index contributed by atoms with van der Waals surface area (Å²) in [7, 11) is 0. The first-order valence-corrected chi connectivity index (χ1v) is 7.43. The summed E-state index contributed by atoms with van der Waals surface area (Å²) in [6, 6.07) is 3.28. The van der Waals surface area contributed by atoms with Crippen LogP contribution in [0.3, 0.4) is 0 Å². The van der Waals surface area contributed by atoms with Crippen LogP contribution < -0.4 is 5.32 Å². The van der Waals surface area contributed by atoms with Crippen LogP contribution in [-0.2, 0) is 6.42 Å². The number of H-pyrrole nitrogens is 1. The van der Waals surface area contributed by atoms with Crippen molar-refractivity contribution in [2.75, 3.05) is 5.32 Å². The first-order chi connectivity index (χ1) is 9.51. The van der Waals surface area contributed by atoms with E-state index in [2.05, 4.69) is 36.4 Å². The van der Waals surface area contributed by atoms with Crippen molar-refractivity contribution in [3.8, 4) is 0 Å². The second-order valence-corrected chi connectivity index (χ2v) is 5.78. The molecule has 0 aliphatic heterocycles. The second-order valence-electron chi connectivity index (χ2n) is 4.05. The quantitative estimate of drug-likeness (QED) is 0.843. The van der Waals surface area contributed by atoms with E-state index in [1.807, 2.05) is 6.92 Å². The zero-order valence-electron chi connectivity index (χ0n) is 10.5. The Balaban J connectivity index is 2.19. The molecule has 0 aliphatic carbocycles. The number of rotatable bonds is 4. The van der Waals surface area contributed by atoms with E-state index in [1.54, 1.807) is 12.1 Å². The molecule has 2 aromatic rings. The average molecular weight is 378 g/mol. The molecule has 0 fully saturated rings. The molecule has 1 amide bonds. The Morgan fingerprint density at radius 1 is 1.40 bits per heavy atom. The Morgan fingerprint density at radius 3 is 2.65 bits per heavy atom. The SMILES string of the molecule is CCCc1nc(C(=O)Nc2c(Cl)cc(Br)cc2Cl)n[nH]1. The number of nitrogens with one attached hydrogen (secondary N) is 2. The van der Waals surface area contributed by atoms with Gasteiger partial charge in [0.15, 0.2) is 0 Å². The van der Waals surface area contributed by atoms with Crippen molar-refractivity contribution in [1.82, 2.24) is 15.2 Å². The fourth-order valence-corrected chi connectivity index (χ4v) is 2.88. The van der Waals surface area contributed by atoms with Gasteiger partial charge in [-0.15, -0.1) is 5.10 Å². The van der Waals surface area contributed by atoms with E-state index in [0.29, 0.717) is 21.6 Å². The third-order valence-corrected chi connectivity index (χ3v) is 3.52. The highest BCUT2D eigenvalue weighted by Gasteiger charge is 2.16. The van der Waals surface area contributed by atoms with Crippen molar-refractivity contribution >= 4 is 50.7 Å². The first kappa shape index (κ1) is 15.3. The Bertz CT molecular complexity index is 621. The maximum Gasteiger partial charge on any atom is 0.295 e. The molecule has 2 rings (SSSR count). The molecule has 1 heterocycles. The number of carbonyl (C=O) groups excluding carboxylic acids is 1. The molecule has 0 atom stereocenters. The zero-order valence-corrected chi connectivity index (χ0v) is 13.6. The number of nitrogens with zero attached hydrogens (tertiary/aromatic N) is 2. The lowest BCUT2D eigenvalue weighted by atomic mass is 10.3. The number of carbonyl (C=O) groups is 1. The van der Waals surface area contributed by atoms with E-state index >= 15 is 0 Å². The number of hydrogen-bond acceptors (Lipinski definition) is 3. The molecule has 8 heteroatoms. The van der Waals surface area contributed by atoms with Crippen LogP contribution in [0.25, 0.3) is 0 Å². The van der Waals surface area contributed by atoms with Crippen molar-refractivity contribution in [3.63, 3.8) is 0 Å². The van der Waals surface area contributed by atoms with Crippen molar-refractivity contribution in [2.45, 2.75) is 19.8 Å². The van der Waals surface area contributed by atoms with Gasteiger partial charge in [-0.3, -0.25) is 9.89 Å². The summed E-state index contributed by atoms with van der Waals surface area (Å²) in [4.78, 5) is 16.1. The number of aromatic nitrogens is 3. The predicted molar refractivity (Wildman–Crippen MR) is 82.5 cm³/mol. The molecule has 106 valence electrons. The standard InChI is InChI=1S/C12H11BrCl2N4O/c1-2-3-9-16-11(19-18-9)12(20)17-10-7(14)4-6(13)5-8(10)15/h4-5H,2-3H2,1H3,(H,17,20)(H,16,18,19). The third kappa shape index (κ3) is 3.50. The van der Waals surface area contributed by atoms with Gasteiger partial charge in [-0.1, -0.05) is 46.1 Å². The Kier molecular flexibility index (Phi) is 5.01. The zero-order chi connectivity index (χ0) is 14.7. The topological polar surface area (TPSA) is 70.7 Å². The molecule has 5 nitrogen and oxygen atoms in total. The second kappa shape index (κ2) is 6.56. The molecule has 1 aromatic carbocycles. The van der Waals surface area contributed by atoms with Gasteiger partial charge in [-0.25, -0.2) is 4.98 Å². The minimum absolute atomic E-state index is 0.0588. The summed E-state index contributed by atoms with van der Waals surface area (Å²) in [5.41, 5.74) is 0.336. The molecule has 0 saturated heterocycles. The van der Waals surface area contributed by atoms with Gasteiger partial charge < -0.3 is 5.32 Å².